The normalized spacial score (nSPS) is 12.0. The number of rotatable bonds is 6. The fourth-order valence-corrected chi connectivity index (χ4v) is 3.87. The molecule has 0 atom stereocenters. The van der Waals surface area contributed by atoms with Crippen molar-refractivity contribution in [3.8, 4) is 16.9 Å². The number of hydrogen-bond donors (Lipinski definition) is 2. The van der Waals surface area contributed by atoms with Crippen LogP contribution in [-0.2, 0) is 16.0 Å². The molecule has 30 heavy (non-hydrogen) atoms. The zero-order valence-electron chi connectivity index (χ0n) is 16.4. The predicted molar refractivity (Wildman–Crippen MR) is 113 cm³/mol. The fourth-order valence-electron chi connectivity index (χ4n) is 3.87. The van der Waals surface area contributed by atoms with E-state index in [-0.39, 0.29) is 18.9 Å². The second-order valence-corrected chi connectivity index (χ2v) is 7.06. The van der Waals surface area contributed by atoms with E-state index >= 15 is 0 Å². The first kappa shape index (κ1) is 19.5. The Hall–Kier alpha value is -3.80. The summed E-state index contributed by atoms with van der Waals surface area (Å²) in [6, 6.07) is 21.1. The summed E-state index contributed by atoms with van der Waals surface area (Å²) in [4.78, 5) is 23.3. The lowest BCUT2D eigenvalue weighted by Gasteiger charge is -2.15. The Morgan fingerprint density at radius 2 is 1.60 bits per heavy atom. The summed E-state index contributed by atoms with van der Waals surface area (Å²) in [5.41, 5.74) is 5.61. The van der Waals surface area contributed by atoms with Crippen LogP contribution in [0.15, 0.2) is 66.7 Å². The van der Waals surface area contributed by atoms with Gasteiger partial charge in [-0.15, -0.1) is 0 Å². The molecule has 6 heteroatoms. The number of benzene rings is 3. The predicted octanol–water partition coefficient (Wildman–Crippen LogP) is 4.68. The number of hydrogen-bond acceptors (Lipinski definition) is 4. The molecule has 1 aliphatic carbocycles. The largest absolute Gasteiger partial charge is 0.495 e. The van der Waals surface area contributed by atoms with E-state index < -0.39 is 12.1 Å². The Labute approximate surface area is 174 Å². The molecule has 3 aromatic rings. The van der Waals surface area contributed by atoms with Crippen LogP contribution in [0.4, 0.5) is 10.5 Å². The van der Waals surface area contributed by atoms with Crippen LogP contribution in [0, 0.1) is 0 Å². The first-order chi connectivity index (χ1) is 14.6. The molecule has 2 N–H and O–H groups in total. The van der Waals surface area contributed by atoms with Gasteiger partial charge in [-0.25, -0.2) is 4.79 Å². The molecule has 1 amide bonds. The maximum absolute atomic E-state index is 12.4. The number of anilines is 1. The van der Waals surface area contributed by atoms with Crippen LogP contribution in [0.5, 0.6) is 5.75 Å². The van der Waals surface area contributed by atoms with E-state index in [2.05, 4.69) is 29.6 Å². The first-order valence-corrected chi connectivity index (χ1v) is 9.57. The van der Waals surface area contributed by atoms with Crippen LogP contribution in [0.25, 0.3) is 11.1 Å². The number of ether oxygens (including phenoxy) is 2. The van der Waals surface area contributed by atoms with Gasteiger partial charge >= 0.3 is 12.1 Å². The van der Waals surface area contributed by atoms with Crippen molar-refractivity contribution in [2.45, 2.75) is 12.3 Å². The highest BCUT2D eigenvalue weighted by Crippen LogP contribution is 2.44. The Balaban J connectivity index is 1.46. The van der Waals surface area contributed by atoms with Crippen molar-refractivity contribution < 1.29 is 24.2 Å². The standard InChI is InChI=1S/C24H21NO5/c1-29-22-12-15(13-23(26)27)10-11-21(22)25-24(28)30-14-20-18-8-4-2-6-16(18)17-7-3-5-9-19(17)20/h2-12,20H,13-14H2,1H3,(H,25,28)(H,26,27). The monoisotopic (exact) mass is 403 g/mol. The average Bonchev–Trinajstić information content (AvgIpc) is 3.07. The molecule has 0 aliphatic heterocycles. The topological polar surface area (TPSA) is 84.9 Å². The smallest absolute Gasteiger partial charge is 0.411 e. The van der Waals surface area contributed by atoms with E-state index in [9.17, 15) is 9.59 Å². The molecule has 0 saturated heterocycles. The molecule has 0 spiro atoms. The van der Waals surface area contributed by atoms with Crippen LogP contribution in [0.2, 0.25) is 0 Å². The van der Waals surface area contributed by atoms with E-state index in [0.717, 1.165) is 22.3 Å². The van der Waals surface area contributed by atoms with Crippen molar-refractivity contribution >= 4 is 17.7 Å². The first-order valence-electron chi connectivity index (χ1n) is 9.57. The summed E-state index contributed by atoms with van der Waals surface area (Å²) in [7, 11) is 1.46. The number of nitrogens with one attached hydrogen (secondary N) is 1. The molecular formula is C24H21NO5. The highest BCUT2D eigenvalue weighted by Gasteiger charge is 2.29. The molecule has 0 heterocycles. The number of carbonyl (C=O) groups is 2. The lowest BCUT2D eigenvalue weighted by Crippen LogP contribution is -2.18. The van der Waals surface area contributed by atoms with Gasteiger partial charge in [0.15, 0.2) is 0 Å². The van der Waals surface area contributed by atoms with Gasteiger partial charge in [0, 0.05) is 5.92 Å². The number of carboxylic acid groups (broad SMARTS) is 1. The molecule has 1 aliphatic rings. The van der Waals surface area contributed by atoms with Crippen molar-refractivity contribution in [3.05, 3.63) is 83.4 Å². The zero-order valence-corrected chi connectivity index (χ0v) is 16.4. The van der Waals surface area contributed by atoms with Gasteiger partial charge in [-0.05, 0) is 39.9 Å². The minimum absolute atomic E-state index is 0.0250. The van der Waals surface area contributed by atoms with E-state index in [1.807, 2.05) is 24.3 Å². The van der Waals surface area contributed by atoms with E-state index in [1.165, 1.54) is 7.11 Å². The van der Waals surface area contributed by atoms with E-state index in [4.69, 9.17) is 14.6 Å². The average molecular weight is 403 g/mol. The second kappa shape index (κ2) is 8.29. The quantitative estimate of drug-likeness (QED) is 0.624. The number of fused-ring (bicyclic) bond motifs is 3. The summed E-state index contributed by atoms with van der Waals surface area (Å²) in [5.74, 6) is -0.584. The van der Waals surface area contributed by atoms with Crippen molar-refractivity contribution in [3.63, 3.8) is 0 Å². The zero-order chi connectivity index (χ0) is 21.1. The maximum Gasteiger partial charge on any atom is 0.411 e. The number of aliphatic carboxylic acids is 1. The Morgan fingerprint density at radius 3 is 2.20 bits per heavy atom. The van der Waals surface area contributed by atoms with Crippen LogP contribution >= 0.6 is 0 Å². The van der Waals surface area contributed by atoms with Gasteiger partial charge in [0.25, 0.3) is 0 Å². The molecule has 0 fully saturated rings. The lowest BCUT2D eigenvalue weighted by atomic mass is 9.98. The van der Waals surface area contributed by atoms with Crippen molar-refractivity contribution in [2.75, 3.05) is 19.0 Å². The summed E-state index contributed by atoms with van der Waals surface area (Å²) < 4.78 is 10.8. The number of amides is 1. The highest BCUT2D eigenvalue weighted by molar-refractivity contribution is 5.87. The fraction of sp³-hybridized carbons (Fsp3) is 0.167. The van der Waals surface area contributed by atoms with Gasteiger partial charge in [-0.2, -0.15) is 0 Å². The van der Waals surface area contributed by atoms with Crippen LogP contribution in [0.3, 0.4) is 0 Å². The molecule has 0 saturated carbocycles. The third kappa shape index (κ3) is 3.85. The minimum Gasteiger partial charge on any atom is -0.495 e. The molecule has 0 unspecified atom stereocenters. The Kier molecular flexibility index (Phi) is 5.39. The summed E-state index contributed by atoms with van der Waals surface area (Å²) in [5, 5.41) is 11.6. The number of methoxy groups -OCH3 is 1. The summed E-state index contributed by atoms with van der Waals surface area (Å²) in [6.45, 7) is 0.208. The van der Waals surface area contributed by atoms with Crippen LogP contribution in [-0.4, -0.2) is 30.9 Å². The molecule has 3 aromatic carbocycles. The number of carbonyl (C=O) groups excluding carboxylic acids is 1. The third-order valence-electron chi connectivity index (χ3n) is 5.20. The van der Waals surface area contributed by atoms with Gasteiger partial charge in [-0.1, -0.05) is 54.6 Å². The molecule has 0 aromatic heterocycles. The van der Waals surface area contributed by atoms with Gasteiger partial charge < -0.3 is 14.6 Å². The molecule has 0 radical (unpaired) electrons. The van der Waals surface area contributed by atoms with Crippen LogP contribution in [0.1, 0.15) is 22.6 Å². The SMILES string of the molecule is COc1cc(CC(=O)O)ccc1NC(=O)OCC1c2ccccc2-c2ccccc21. The van der Waals surface area contributed by atoms with Crippen molar-refractivity contribution in [1.29, 1.82) is 0 Å². The van der Waals surface area contributed by atoms with Gasteiger partial charge in [-0.3, -0.25) is 10.1 Å². The lowest BCUT2D eigenvalue weighted by molar-refractivity contribution is -0.136. The molecule has 6 nitrogen and oxygen atoms in total. The minimum atomic E-state index is -0.936. The molecule has 4 rings (SSSR count). The number of carboxylic acids is 1. The van der Waals surface area contributed by atoms with Gasteiger partial charge in [0.1, 0.15) is 12.4 Å². The van der Waals surface area contributed by atoms with Crippen molar-refractivity contribution in [2.24, 2.45) is 0 Å². The van der Waals surface area contributed by atoms with Crippen molar-refractivity contribution in [1.82, 2.24) is 0 Å². The van der Waals surface area contributed by atoms with E-state index in [0.29, 0.717) is 17.0 Å². The Bertz CT molecular complexity index is 1060. The molecule has 0 bridgehead atoms. The summed E-state index contributed by atoms with van der Waals surface area (Å²) >= 11 is 0. The highest BCUT2D eigenvalue weighted by atomic mass is 16.5. The molecular weight excluding hydrogens is 382 g/mol. The summed E-state index contributed by atoms with van der Waals surface area (Å²) in [6.07, 6.45) is -0.720. The second-order valence-electron chi connectivity index (χ2n) is 7.06. The van der Waals surface area contributed by atoms with Crippen LogP contribution < -0.4 is 10.1 Å². The Morgan fingerprint density at radius 1 is 0.967 bits per heavy atom. The maximum atomic E-state index is 12.4. The van der Waals surface area contributed by atoms with E-state index in [1.54, 1.807) is 18.2 Å². The van der Waals surface area contributed by atoms with Gasteiger partial charge in [0.05, 0.1) is 19.2 Å². The molecule has 152 valence electrons. The van der Waals surface area contributed by atoms with Gasteiger partial charge in [0.2, 0.25) is 0 Å². The third-order valence-corrected chi connectivity index (χ3v) is 5.20.